The molecule has 0 aliphatic carbocycles. The number of pyridine rings is 4. The fourth-order valence-corrected chi connectivity index (χ4v) is 15.0. The highest BCUT2D eigenvalue weighted by atomic mass is 35.5. The zero-order chi connectivity index (χ0) is 90.5. The van der Waals surface area contributed by atoms with Gasteiger partial charge in [-0.15, -0.1) is 0 Å². The van der Waals surface area contributed by atoms with E-state index in [0.29, 0.717) is 151 Å². The Morgan fingerprint density at radius 3 is 1.33 bits per heavy atom. The first-order valence-electron chi connectivity index (χ1n) is 37.8. The summed E-state index contributed by atoms with van der Waals surface area (Å²) < 4.78 is 170. The number of rotatable bonds is 18. The molecule has 33 nitrogen and oxygen atoms in total. The number of hydrogen-bond donors (Lipinski definition) is 10. The quantitative estimate of drug-likeness (QED) is 0.0282. The number of aromatic amines is 4. The van der Waals surface area contributed by atoms with Crippen LogP contribution in [-0.2, 0) is 23.9 Å². The predicted molar refractivity (Wildman–Crippen MR) is 445 cm³/mol. The molecule has 0 spiro atoms. The van der Waals surface area contributed by atoms with Crippen LogP contribution in [0.2, 0.25) is 20.1 Å². The molecule has 16 rings (SSSR count). The van der Waals surface area contributed by atoms with Gasteiger partial charge >= 0.3 is 36.6 Å². The van der Waals surface area contributed by atoms with Gasteiger partial charge in [0.1, 0.15) is 89.9 Å². The number of nitrogens with zero attached hydrogens (tertiary/aromatic N) is 16. The van der Waals surface area contributed by atoms with E-state index in [4.69, 9.17) is 51.1 Å². The van der Waals surface area contributed by atoms with Crippen molar-refractivity contribution in [2.75, 3.05) is 92.2 Å². The summed E-state index contributed by atoms with van der Waals surface area (Å²) in [7, 11) is 1.20. The Labute approximate surface area is 730 Å². The van der Waals surface area contributed by atoms with Gasteiger partial charge in [0.2, 0.25) is 23.6 Å². The maximum Gasteiger partial charge on any atom is 0.405 e. The fraction of sp³-hybridized carbons (Fsp3) is 0.342. The maximum absolute atomic E-state index is 14.7. The number of alkyl halides is 12. The van der Waals surface area contributed by atoms with Crippen LogP contribution in [-0.4, -0.2) is 241 Å². The number of carbonyl (C=O) groups is 6. The van der Waals surface area contributed by atoms with E-state index in [9.17, 15) is 90.9 Å². The third kappa shape index (κ3) is 21.6. The van der Waals surface area contributed by atoms with Crippen LogP contribution in [0.4, 0.5) is 80.3 Å². The van der Waals surface area contributed by atoms with Crippen LogP contribution >= 0.6 is 46.4 Å². The number of carboxylic acid groups (broad SMARTS) is 1. The minimum absolute atomic E-state index is 0. The van der Waals surface area contributed by atoms with Gasteiger partial charge in [-0.05, 0) is 75.8 Å². The number of carboxylic acids is 1. The molecule has 10 N–H and O–H groups in total. The molecule has 4 aliphatic heterocycles. The molecular weight excluding hydrogens is 1780 g/mol. The Balaban J connectivity index is 0.000000237. The van der Waals surface area contributed by atoms with Crippen LogP contribution in [0.3, 0.4) is 0 Å². The standard InChI is InChI=1S/C20H18ClF3N6O3.C19H17ClF4N6O.C19H16ClF3N6O3.C18H17ClF3N7O.6H2/c1-33-19(32)13-6-15(30-4-2-3-14(30)18(31)27-9-20(22,23)24)29-17(28-13)12-8-26-16-11(12)5-10(21)7-25-16;1-18(17(31)28-9-19(22,23)24)3-2-4-30(18)16-13(21)8-27-15(29-16)12-7-26-14-11(12)5-10(20)6-25-14;20-9-4-10-11(7-25-15(10)24-6-9)16-27-12(18(31)32)5-14(28-16)29-3-1-2-13(29)17(30)26-8-19(21,22)23;19-10-5-11-12(7-26-15(11)25-6-10)16-24-2-1-14(28-16)29-4-3-23-8-13(29)17(30)27-9-18(20,21)22;;;;;;/h5-8,14H,2-4,9H2,1H3,(H,25,26)(H,27,31);5-8H,2-4,9H2,1H3,(H,25,26)(H,28,31);4-7,13H,1-3,8H2,(H,24,25)(H,26,30)(H,31,32);1-2,5-7,13,23H,3-4,8-9H2,(H,25,26)(H,27,30);6*1H/t14-;18-;2*13-;;;;;;/m1011....../s1. The first-order chi connectivity index (χ1) is 59.7. The van der Waals surface area contributed by atoms with Gasteiger partial charge in [0, 0.05) is 160 Å². The van der Waals surface area contributed by atoms with E-state index in [0.717, 1.165) is 11.6 Å². The van der Waals surface area contributed by atoms with E-state index < -0.39 is 116 Å². The van der Waals surface area contributed by atoms with Crippen molar-refractivity contribution in [1.29, 1.82) is 0 Å². The molecular formula is C76H80Cl4F13N25O8. The SMILES string of the molecule is COC(=O)c1cc(N2CCC[C@@H]2C(=O)NCC(F)(F)F)nc(-c2c[nH]c3ncc(Cl)cc23)n1.C[C@@]1(C(=O)NCC(F)(F)F)CCCN1c1nc(-c2c[nH]c3ncc(Cl)cc23)ncc1F.O=C(NCC(F)(F)F)[C@H]1CNCCN1c1ccnc(-c2c[nH]c3ncc(Cl)cc23)n1.O=C(O)c1cc(N2CCC[C@@H]2C(=O)NCC(F)(F)F)nc(-c2c[nH]c3ncc(Cl)cc23)n1.[HH].[HH].[HH].[HH].[HH].[HH]. The molecule has 50 heteroatoms. The van der Waals surface area contributed by atoms with E-state index in [1.165, 1.54) is 60.8 Å². The van der Waals surface area contributed by atoms with Crippen molar-refractivity contribution in [1.82, 2.24) is 106 Å². The van der Waals surface area contributed by atoms with Crippen LogP contribution < -0.4 is 46.2 Å². The number of ether oxygens (including phenoxy) is 1. The molecule has 4 aliphatic rings. The largest absolute Gasteiger partial charge is 0.477 e. The Hall–Kier alpha value is -12.7. The van der Waals surface area contributed by atoms with Crippen LogP contribution in [0.5, 0.6) is 0 Å². The zero-order valence-corrected chi connectivity index (χ0v) is 68.3. The lowest BCUT2D eigenvalue weighted by Gasteiger charge is -2.36. The summed E-state index contributed by atoms with van der Waals surface area (Å²) in [5, 5.41) is 24.3. The van der Waals surface area contributed by atoms with Crippen molar-refractivity contribution in [2.45, 2.75) is 93.8 Å². The molecule has 0 bridgehead atoms. The van der Waals surface area contributed by atoms with Crippen molar-refractivity contribution in [3.8, 4) is 45.6 Å². The summed E-state index contributed by atoms with van der Waals surface area (Å²) in [6.07, 6.45) is -0.745. The molecule has 12 aromatic heterocycles. The van der Waals surface area contributed by atoms with Crippen LogP contribution in [0, 0.1) is 5.82 Å². The van der Waals surface area contributed by atoms with Crippen molar-refractivity contribution < 1.29 is 104 Å². The molecule has 676 valence electrons. The maximum atomic E-state index is 14.7. The first kappa shape index (κ1) is 91.0. The molecule has 16 heterocycles. The lowest BCUT2D eigenvalue weighted by molar-refractivity contribution is -0.141. The van der Waals surface area contributed by atoms with Gasteiger partial charge in [0.15, 0.2) is 46.3 Å². The predicted octanol–water partition coefficient (Wildman–Crippen LogP) is 13.6. The van der Waals surface area contributed by atoms with Gasteiger partial charge < -0.3 is 76.0 Å². The zero-order valence-electron chi connectivity index (χ0n) is 65.2. The molecule has 126 heavy (non-hydrogen) atoms. The van der Waals surface area contributed by atoms with E-state index in [-0.39, 0.29) is 74.4 Å². The number of aromatic nitrogens is 16. The van der Waals surface area contributed by atoms with E-state index >= 15 is 0 Å². The highest BCUT2D eigenvalue weighted by Crippen LogP contribution is 2.40. The molecule has 12 aromatic rings. The Morgan fingerprint density at radius 1 is 0.492 bits per heavy atom. The number of piperazine rings is 1. The first-order valence-corrected chi connectivity index (χ1v) is 39.3. The normalized spacial score (nSPS) is 17.3. The molecule has 4 amide bonds. The number of halogens is 17. The summed E-state index contributed by atoms with van der Waals surface area (Å²) in [6, 6.07) is 8.23. The average Bonchev–Trinajstić information content (AvgIpc) is 1.61. The number of aromatic carboxylic acids is 1. The third-order valence-electron chi connectivity index (χ3n) is 20.1. The van der Waals surface area contributed by atoms with Gasteiger partial charge in [0.25, 0.3) is 0 Å². The second-order valence-corrected chi connectivity index (χ2v) is 30.5. The minimum atomic E-state index is -4.55. The van der Waals surface area contributed by atoms with Gasteiger partial charge in [-0.25, -0.2) is 73.8 Å². The van der Waals surface area contributed by atoms with E-state index in [1.807, 2.05) is 21.3 Å². The van der Waals surface area contributed by atoms with Crippen LogP contribution in [0.15, 0.2) is 104 Å². The fourth-order valence-electron chi connectivity index (χ4n) is 14.4. The summed E-state index contributed by atoms with van der Waals surface area (Å²) in [5.41, 5.74) is 2.53. The molecule has 0 radical (unpaired) electrons. The summed E-state index contributed by atoms with van der Waals surface area (Å²) in [5.74, 6) is -4.59. The van der Waals surface area contributed by atoms with Gasteiger partial charge in [0.05, 0.1) is 33.4 Å². The van der Waals surface area contributed by atoms with Gasteiger partial charge in [-0.2, -0.15) is 52.7 Å². The second kappa shape index (κ2) is 37.6. The topological polar surface area (TPSA) is 423 Å². The highest BCUT2D eigenvalue weighted by molar-refractivity contribution is 6.32. The summed E-state index contributed by atoms with van der Waals surface area (Å²) >= 11 is 24.2. The molecule has 0 saturated carbocycles. The van der Waals surface area contributed by atoms with Crippen molar-refractivity contribution in [2.24, 2.45) is 0 Å². The number of fused-ring (bicyclic) bond motifs is 4. The third-order valence-corrected chi connectivity index (χ3v) is 21.0. The molecule has 0 aromatic carbocycles. The number of hydrogen-bond acceptors (Lipinski definition) is 24. The molecule has 4 atom stereocenters. The number of nitrogens with one attached hydrogen (secondary N) is 9. The number of amides is 4. The summed E-state index contributed by atoms with van der Waals surface area (Å²) in [6.45, 7) is -2.14. The number of anilines is 4. The number of esters is 1. The highest BCUT2D eigenvalue weighted by Gasteiger charge is 2.47. The summed E-state index contributed by atoms with van der Waals surface area (Å²) in [4.78, 5) is 143. The average molecular weight is 1860 g/mol. The lowest BCUT2D eigenvalue weighted by Crippen LogP contribution is -2.59. The number of methoxy groups -OCH3 is 1. The van der Waals surface area contributed by atoms with Gasteiger partial charge in [-0.1, -0.05) is 46.4 Å². The van der Waals surface area contributed by atoms with Crippen molar-refractivity contribution in [3.63, 3.8) is 0 Å². The van der Waals surface area contributed by atoms with Crippen molar-refractivity contribution >= 4 is 149 Å². The Kier molecular flexibility index (Phi) is 27.2. The van der Waals surface area contributed by atoms with Crippen LogP contribution in [0.1, 0.15) is 75.0 Å². The monoisotopic (exact) mass is 1860 g/mol. The number of H-pyrrole nitrogens is 4. The smallest absolute Gasteiger partial charge is 0.405 e. The molecule has 0 unspecified atom stereocenters. The Bertz CT molecular complexity index is 6120. The van der Waals surface area contributed by atoms with Crippen LogP contribution in [0.25, 0.3) is 89.7 Å². The minimum Gasteiger partial charge on any atom is -0.477 e. The molecule has 4 saturated heterocycles. The van der Waals surface area contributed by atoms with Gasteiger partial charge in [-0.3, -0.25) is 19.2 Å². The number of carbonyl (C=O) groups excluding carboxylic acids is 5. The van der Waals surface area contributed by atoms with E-state index in [1.54, 1.807) is 71.1 Å². The van der Waals surface area contributed by atoms with Crippen molar-refractivity contribution in [3.05, 3.63) is 142 Å². The Morgan fingerprint density at radius 2 is 0.889 bits per heavy atom. The van der Waals surface area contributed by atoms with E-state index in [2.05, 4.69) is 85.1 Å². The lowest BCUT2D eigenvalue weighted by atomic mass is 9.97. The molecule has 4 fully saturated rings. The second-order valence-electron chi connectivity index (χ2n) is 28.7.